The molecule has 0 spiro atoms. The van der Waals surface area contributed by atoms with Crippen molar-refractivity contribution >= 4 is 16.7 Å². The molecule has 3 N–H and O–H groups in total. The van der Waals surface area contributed by atoms with Gasteiger partial charge in [0.1, 0.15) is 6.04 Å². The van der Waals surface area contributed by atoms with E-state index in [1.165, 1.54) is 17.9 Å². The van der Waals surface area contributed by atoms with E-state index >= 15 is 0 Å². The highest BCUT2D eigenvalue weighted by Crippen LogP contribution is 2.25. The van der Waals surface area contributed by atoms with Crippen LogP contribution in [-0.2, 0) is 29.4 Å². The molecular formula is C21H23N3O5. The van der Waals surface area contributed by atoms with Gasteiger partial charge >= 0.3 is 11.7 Å². The number of aryl methyl sites for hydroxylation is 1. The first-order valence-corrected chi connectivity index (χ1v) is 9.15. The summed E-state index contributed by atoms with van der Waals surface area (Å²) in [7, 11) is 2.84. The summed E-state index contributed by atoms with van der Waals surface area (Å²) >= 11 is 0. The van der Waals surface area contributed by atoms with Crippen LogP contribution in [0.5, 0.6) is 0 Å². The lowest BCUT2D eigenvalue weighted by atomic mass is 9.98. The zero-order valence-electron chi connectivity index (χ0n) is 16.3. The molecule has 0 bridgehead atoms. The Labute approximate surface area is 166 Å². The summed E-state index contributed by atoms with van der Waals surface area (Å²) in [4.78, 5) is 37.4. The van der Waals surface area contributed by atoms with Gasteiger partial charge in [0.05, 0.1) is 12.8 Å². The number of hydrogen-bond donors (Lipinski definition) is 2. The van der Waals surface area contributed by atoms with E-state index in [1.807, 2.05) is 18.2 Å². The standard InChI is InChI=1S/C21H23N3O5/c1-23-12-14(9-10-25)19(26)24(21(23)28)18-8-4-6-15-13(5-3-7-16(15)18)11-17(22)20(27)29-2/h3-8,12,17,25H,9-11,22H2,1-2H3/t17-/m0/s1. The molecule has 3 aromatic rings. The van der Waals surface area contributed by atoms with E-state index in [-0.39, 0.29) is 19.4 Å². The average molecular weight is 397 g/mol. The van der Waals surface area contributed by atoms with Crippen molar-refractivity contribution in [1.29, 1.82) is 0 Å². The second kappa shape index (κ2) is 8.42. The lowest BCUT2D eigenvalue weighted by molar-refractivity contribution is -0.142. The van der Waals surface area contributed by atoms with Gasteiger partial charge in [0, 0.05) is 37.2 Å². The first-order chi connectivity index (χ1) is 13.9. The normalized spacial score (nSPS) is 12.1. The number of aromatic nitrogens is 2. The Morgan fingerprint density at radius 1 is 1.14 bits per heavy atom. The summed E-state index contributed by atoms with van der Waals surface area (Å²) in [5.41, 5.74) is 6.54. The van der Waals surface area contributed by atoms with Gasteiger partial charge in [-0.3, -0.25) is 9.59 Å². The highest BCUT2D eigenvalue weighted by atomic mass is 16.5. The van der Waals surface area contributed by atoms with Crippen molar-refractivity contribution in [2.24, 2.45) is 12.8 Å². The molecule has 8 heteroatoms. The SMILES string of the molecule is COC(=O)[C@@H](N)Cc1cccc2c(-n3c(=O)c(CCO)cn(C)c3=O)cccc12. The van der Waals surface area contributed by atoms with Crippen LogP contribution >= 0.6 is 0 Å². The Bertz CT molecular complexity index is 1180. The monoisotopic (exact) mass is 397 g/mol. The van der Waals surface area contributed by atoms with Crippen LogP contribution in [0.3, 0.4) is 0 Å². The average Bonchev–Trinajstić information content (AvgIpc) is 2.72. The Morgan fingerprint density at radius 2 is 1.83 bits per heavy atom. The third-order valence-electron chi connectivity index (χ3n) is 4.88. The molecule has 1 atom stereocenters. The smallest absolute Gasteiger partial charge is 0.335 e. The second-order valence-corrected chi connectivity index (χ2v) is 6.79. The van der Waals surface area contributed by atoms with Crippen molar-refractivity contribution in [2.75, 3.05) is 13.7 Å². The molecule has 0 fully saturated rings. The van der Waals surface area contributed by atoms with Gasteiger partial charge in [-0.05, 0) is 23.4 Å². The van der Waals surface area contributed by atoms with Crippen LogP contribution in [0.4, 0.5) is 0 Å². The van der Waals surface area contributed by atoms with Crippen LogP contribution in [0.15, 0.2) is 52.2 Å². The van der Waals surface area contributed by atoms with E-state index in [1.54, 1.807) is 25.2 Å². The molecule has 3 rings (SSSR count). The number of fused-ring (bicyclic) bond motifs is 1. The quantitative estimate of drug-likeness (QED) is 0.577. The lowest BCUT2D eigenvalue weighted by Gasteiger charge is -2.15. The topological polar surface area (TPSA) is 117 Å². The summed E-state index contributed by atoms with van der Waals surface area (Å²) < 4.78 is 7.13. The van der Waals surface area contributed by atoms with Gasteiger partial charge in [-0.25, -0.2) is 9.36 Å². The molecule has 0 aliphatic carbocycles. The number of aliphatic hydroxyl groups is 1. The number of esters is 1. The van der Waals surface area contributed by atoms with Crippen molar-refractivity contribution in [3.05, 3.63) is 74.6 Å². The van der Waals surface area contributed by atoms with Gasteiger partial charge in [-0.15, -0.1) is 0 Å². The highest BCUT2D eigenvalue weighted by molar-refractivity contribution is 5.93. The van der Waals surface area contributed by atoms with Crippen molar-refractivity contribution in [3.8, 4) is 5.69 Å². The summed E-state index contributed by atoms with van der Waals surface area (Å²) in [5.74, 6) is -0.514. The molecule has 152 valence electrons. The first-order valence-electron chi connectivity index (χ1n) is 9.15. The second-order valence-electron chi connectivity index (χ2n) is 6.79. The van der Waals surface area contributed by atoms with Crippen molar-refractivity contribution in [1.82, 2.24) is 9.13 Å². The molecule has 29 heavy (non-hydrogen) atoms. The van der Waals surface area contributed by atoms with Crippen LogP contribution < -0.4 is 17.0 Å². The number of nitrogens with two attached hydrogens (primary N) is 1. The van der Waals surface area contributed by atoms with Gasteiger partial charge in [-0.2, -0.15) is 0 Å². The van der Waals surface area contributed by atoms with Crippen LogP contribution in [-0.4, -0.2) is 40.0 Å². The number of methoxy groups -OCH3 is 1. The van der Waals surface area contributed by atoms with Gasteiger partial charge in [0.25, 0.3) is 5.56 Å². The van der Waals surface area contributed by atoms with Crippen LogP contribution in [0, 0.1) is 0 Å². The molecule has 0 aliphatic heterocycles. The zero-order chi connectivity index (χ0) is 21.1. The molecule has 1 heterocycles. The van der Waals surface area contributed by atoms with Crippen LogP contribution in [0.25, 0.3) is 16.5 Å². The van der Waals surface area contributed by atoms with Crippen molar-refractivity contribution in [2.45, 2.75) is 18.9 Å². The lowest BCUT2D eigenvalue weighted by Crippen LogP contribution is -2.39. The maximum Gasteiger partial charge on any atom is 0.335 e. The van der Waals surface area contributed by atoms with Crippen molar-refractivity contribution < 1.29 is 14.6 Å². The number of nitrogens with zero attached hydrogens (tertiary/aromatic N) is 2. The molecule has 0 unspecified atom stereocenters. The zero-order valence-corrected chi connectivity index (χ0v) is 16.3. The van der Waals surface area contributed by atoms with E-state index in [4.69, 9.17) is 10.5 Å². The summed E-state index contributed by atoms with van der Waals surface area (Å²) in [5, 5.41) is 10.7. The number of hydrogen-bond acceptors (Lipinski definition) is 6. The minimum Gasteiger partial charge on any atom is -0.468 e. The number of carbonyl (C=O) groups excluding carboxylic acids is 1. The fourth-order valence-electron chi connectivity index (χ4n) is 3.44. The Morgan fingerprint density at radius 3 is 2.52 bits per heavy atom. The summed E-state index contributed by atoms with van der Waals surface area (Å²) in [6.45, 7) is -0.196. The third-order valence-corrected chi connectivity index (χ3v) is 4.88. The number of carbonyl (C=O) groups is 1. The van der Waals surface area contributed by atoms with Gasteiger partial charge in [0.15, 0.2) is 0 Å². The molecule has 0 saturated heterocycles. The third kappa shape index (κ3) is 3.85. The Balaban J connectivity index is 2.23. The minimum atomic E-state index is -0.822. The predicted molar refractivity (Wildman–Crippen MR) is 109 cm³/mol. The molecular weight excluding hydrogens is 374 g/mol. The number of aliphatic hydroxyl groups excluding tert-OH is 1. The van der Waals surface area contributed by atoms with Crippen LogP contribution in [0.2, 0.25) is 0 Å². The molecule has 8 nitrogen and oxygen atoms in total. The number of ether oxygens (including phenoxy) is 1. The fraction of sp³-hybridized carbons (Fsp3) is 0.286. The summed E-state index contributed by atoms with van der Waals surface area (Å²) in [6.07, 6.45) is 1.85. The largest absolute Gasteiger partial charge is 0.468 e. The minimum absolute atomic E-state index is 0.150. The van der Waals surface area contributed by atoms with E-state index in [9.17, 15) is 19.5 Å². The maximum atomic E-state index is 12.9. The summed E-state index contributed by atoms with van der Waals surface area (Å²) in [6, 6.07) is 9.91. The molecule has 0 radical (unpaired) electrons. The van der Waals surface area contributed by atoms with Gasteiger partial charge in [-0.1, -0.05) is 30.3 Å². The molecule has 2 aromatic carbocycles. The highest BCUT2D eigenvalue weighted by Gasteiger charge is 2.18. The van der Waals surface area contributed by atoms with Crippen molar-refractivity contribution in [3.63, 3.8) is 0 Å². The van der Waals surface area contributed by atoms with Gasteiger partial charge in [0.2, 0.25) is 0 Å². The molecule has 1 aromatic heterocycles. The van der Waals surface area contributed by atoms with E-state index in [0.29, 0.717) is 16.6 Å². The Kier molecular flexibility index (Phi) is 5.95. The maximum absolute atomic E-state index is 12.9. The number of benzene rings is 2. The first kappa shape index (κ1) is 20.5. The Hall–Kier alpha value is -3.23. The van der Waals surface area contributed by atoms with Gasteiger partial charge < -0.3 is 20.1 Å². The van der Waals surface area contributed by atoms with E-state index in [0.717, 1.165) is 15.5 Å². The van der Waals surface area contributed by atoms with E-state index < -0.39 is 23.3 Å². The number of rotatable bonds is 6. The molecule has 0 saturated carbocycles. The predicted octanol–water partition coefficient (Wildman–Crippen LogP) is 0.267. The fourth-order valence-corrected chi connectivity index (χ4v) is 3.44. The van der Waals surface area contributed by atoms with Crippen LogP contribution in [0.1, 0.15) is 11.1 Å². The molecule has 0 aliphatic rings. The van der Waals surface area contributed by atoms with E-state index in [2.05, 4.69) is 0 Å². The molecule has 0 amide bonds.